The highest BCUT2D eigenvalue weighted by Gasteiger charge is 2.18. The van der Waals surface area contributed by atoms with E-state index in [0.717, 1.165) is 25.9 Å². The molecule has 0 N–H and O–H groups in total. The monoisotopic (exact) mass is 461 g/mol. The first-order valence-electron chi connectivity index (χ1n) is 10.6. The lowest BCUT2D eigenvalue weighted by Crippen LogP contribution is -2.23. The van der Waals surface area contributed by atoms with Crippen LogP contribution in [0.5, 0.6) is 11.5 Å². The van der Waals surface area contributed by atoms with Crippen LogP contribution < -0.4 is 13.9 Å². The average Bonchev–Trinajstić information content (AvgIpc) is 2.83. The Morgan fingerprint density at radius 1 is 1.16 bits per heavy atom. The third-order valence-corrected chi connectivity index (χ3v) is 5.48. The minimum Gasteiger partial charge on any atom is -0.493 e. The molecule has 1 aromatic heterocycles. The zero-order valence-electron chi connectivity index (χ0n) is 17.8. The molecule has 1 unspecified atom stereocenters. The number of rotatable bonds is 9. The predicted molar refractivity (Wildman–Crippen MR) is 120 cm³/mol. The number of hydrogen-bond donors (Lipinski definition) is 0. The summed E-state index contributed by atoms with van der Waals surface area (Å²) in [7, 11) is 1.55. The fourth-order valence-electron chi connectivity index (χ4n) is 3.50. The summed E-state index contributed by atoms with van der Waals surface area (Å²) >= 11 is 6.44. The highest BCUT2D eigenvalue weighted by molar-refractivity contribution is 6.30. The lowest BCUT2D eigenvalue weighted by atomic mass is 10.2. The summed E-state index contributed by atoms with van der Waals surface area (Å²) in [5.41, 5.74) is 0.787. The quantitative estimate of drug-likeness (QED) is 0.313. The molecule has 0 spiro atoms. The van der Waals surface area contributed by atoms with Crippen molar-refractivity contribution in [3.63, 3.8) is 0 Å². The summed E-state index contributed by atoms with van der Waals surface area (Å²) in [6.45, 7) is 1.76. The topological polar surface area (TPSA) is 65.9 Å². The second kappa shape index (κ2) is 10.8. The van der Waals surface area contributed by atoms with E-state index >= 15 is 0 Å². The fraction of sp³-hybridized carbons (Fsp3) is 0.391. The number of benzene rings is 2. The van der Waals surface area contributed by atoms with Crippen molar-refractivity contribution in [2.24, 2.45) is 0 Å². The van der Waals surface area contributed by atoms with Gasteiger partial charge in [0.05, 0.1) is 31.5 Å². The first kappa shape index (κ1) is 22.5. The molecule has 0 radical (unpaired) electrons. The van der Waals surface area contributed by atoms with E-state index in [0.29, 0.717) is 47.9 Å². The molecule has 1 saturated heterocycles. The van der Waals surface area contributed by atoms with Crippen molar-refractivity contribution in [3.05, 3.63) is 48.5 Å². The van der Waals surface area contributed by atoms with Gasteiger partial charge in [-0.1, -0.05) is 12.1 Å². The molecule has 0 aliphatic carbocycles. The fourth-order valence-corrected chi connectivity index (χ4v) is 3.77. The molecule has 1 atom stereocenters. The van der Waals surface area contributed by atoms with E-state index in [1.807, 2.05) is 0 Å². The van der Waals surface area contributed by atoms with Gasteiger partial charge in [-0.2, -0.15) is 0 Å². The maximum Gasteiger partial charge on any atom is 0.163 e. The predicted octanol–water partition coefficient (Wildman–Crippen LogP) is 5.38. The van der Waals surface area contributed by atoms with Crippen LogP contribution >= 0.6 is 11.8 Å². The summed E-state index contributed by atoms with van der Waals surface area (Å²) in [5, 5.41) is 0.604. The molecule has 7 nitrogen and oxygen atoms in total. The second-order valence-electron chi connectivity index (χ2n) is 7.32. The molecule has 2 aromatic carbocycles. The van der Waals surface area contributed by atoms with Crippen molar-refractivity contribution in [1.29, 1.82) is 0 Å². The summed E-state index contributed by atoms with van der Waals surface area (Å²) < 4.78 is 38.1. The largest absolute Gasteiger partial charge is 0.493 e. The van der Waals surface area contributed by atoms with Gasteiger partial charge in [-0.05, 0) is 37.5 Å². The summed E-state index contributed by atoms with van der Waals surface area (Å²) in [6, 6.07) is 9.71. The Morgan fingerprint density at radius 2 is 2.03 bits per heavy atom. The van der Waals surface area contributed by atoms with Gasteiger partial charge in [-0.25, -0.2) is 18.8 Å². The molecular formula is C23H25ClFN3O4. The molecule has 0 amide bonds. The average molecular weight is 462 g/mol. The number of hydrogen-bond acceptors (Lipinski definition) is 7. The van der Waals surface area contributed by atoms with Crippen molar-refractivity contribution in [3.8, 4) is 11.5 Å². The van der Waals surface area contributed by atoms with Crippen molar-refractivity contribution >= 4 is 34.2 Å². The molecule has 3 aromatic rings. The standard InChI is InChI=1S/C23H25ClFN3O4/c1-29-20-13-16-18(14-21(20)30-11-6-12-32-22-9-4-5-10-31-22)26-15-27-23(16)28(24)19-8-3-2-7-17(19)25/h2-3,7-8,13-15,22H,4-6,9-12H2,1H3. The van der Waals surface area contributed by atoms with E-state index in [1.54, 1.807) is 37.4 Å². The van der Waals surface area contributed by atoms with Gasteiger partial charge in [0.2, 0.25) is 0 Å². The maximum absolute atomic E-state index is 14.2. The van der Waals surface area contributed by atoms with E-state index in [1.165, 1.54) is 16.8 Å². The Balaban J connectivity index is 1.47. The third-order valence-electron chi connectivity index (χ3n) is 5.14. The van der Waals surface area contributed by atoms with Crippen molar-refractivity contribution in [2.75, 3.05) is 31.3 Å². The number of para-hydroxylation sites is 1. The number of anilines is 2. The highest BCUT2D eigenvalue weighted by Crippen LogP contribution is 2.38. The summed E-state index contributed by atoms with van der Waals surface area (Å²) in [5.74, 6) is 0.934. The molecule has 1 fully saturated rings. The van der Waals surface area contributed by atoms with Gasteiger partial charge in [0.25, 0.3) is 0 Å². The highest BCUT2D eigenvalue weighted by atomic mass is 35.5. The van der Waals surface area contributed by atoms with Gasteiger partial charge < -0.3 is 18.9 Å². The molecule has 1 aliphatic heterocycles. The van der Waals surface area contributed by atoms with Crippen LogP contribution in [0.25, 0.3) is 10.9 Å². The normalized spacial score (nSPS) is 16.2. The van der Waals surface area contributed by atoms with Crippen LogP contribution in [0, 0.1) is 5.82 Å². The summed E-state index contributed by atoms with van der Waals surface area (Å²) in [6.07, 6.45) is 5.14. The van der Waals surface area contributed by atoms with Crippen molar-refractivity contribution in [2.45, 2.75) is 32.0 Å². The van der Waals surface area contributed by atoms with Crippen LogP contribution in [0.4, 0.5) is 15.9 Å². The number of halogens is 2. The molecule has 0 bridgehead atoms. The van der Waals surface area contributed by atoms with Crippen LogP contribution in [-0.4, -0.2) is 43.2 Å². The Labute approximate surface area is 191 Å². The number of nitrogens with zero attached hydrogens (tertiary/aromatic N) is 3. The molecule has 170 valence electrons. The van der Waals surface area contributed by atoms with Gasteiger partial charge in [0.15, 0.2) is 23.6 Å². The molecule has 32 heavy (non-hydrogen) atoms. The van der Waals surface area contributed by atoms with E-state index in [2.05, 4.69) is 9.97 Å². The van der Waals surface area contributed by atoms with E-state index in [4.69, 9.17) is 30.7 Å². The smallest absolute Gasteiger partial charge is 0.163 e. The second-order valence-corrected chi connectivity index (χ2v) is 7.66. The van der Waals surface area contributed by atoms with Gasteiger partial charge in [-0.3, -0.25) is 0 Å². The van der Waals surface area contributed by atoms with E-state index in [9.17, 15) is 4.39 Å². The third kappa shape index (κ3) is 5.20. The Kier molecular flexibility index (Phi) is 7.57. The van der Waals surface area contributed by atoms with Crippen LogP contribution in [0.15, 0.2) is 42.7 Å². The molecule has 9 heteroatoms. The van der Waals surface area contributed by atoms with Gasteiger partial charge >= 0.3 is 0 Å². The van der Waals surface area contributed by atoms with E-state index < -0.39 is 5.82 Å². The van der Waals surface area contributed by atoms with Crippen LogP contribution in [0.3, 0.4) is 0 Å². The van der Waals surface area contributed by atoms with Crippen LogP contribution in [0.1, 0.15) is 25.7 Å². The first-order chi connectivity index (χ1) is 15.7. The number of fused-ring (bicyclic) bond motifs is 1. The Bertz CT molecular complexity index is 1050. The van der Waals surface area contributed by atoms with Gasteiger partial charge in [0, 0.05) is 36.3 Å². The summed E-state index contributed by atoms with van der Waals surface area (Å²) in [4.78, 5) is 8.57. The SMILES string of the molecule is COc1cc2c(N(Cl)c3ccccc3F)ncnc2cc1OCCCOC1CCCCO1. The zero-order valence-corrected chi connectivity index (χ0v) is 18.6. The maximum atomic E-state index is 14.2. The van der Waals surface area contributed by atoms with Gasteiger partial charge in [0.1, 0.15) is 12.1 Å². The van der Waals surface area contributed by atoms with E-state index in [-0.39, 0.29) is 12.0 Å². The van der Waals surface area contributed by atoms with Crippen molar-refractivity contribution < 1.29 is 23.3 Å². The molecule has 2 heterocycles. The lowest BCUT2D eigenvalue weighted by Gasteiger charge is -2.22. The molecular weight excluding hydrogens is 437 g/mol. The van der Waals surface area contributed by atoms with Crippen LogP contribution in [0.2, 0.25) is 0 Å². The van der Waals surface area contributed by atoms with Crippen LogP contribution in [-0.2, 0) is 9.47 Å². The Morgan fingerprint density at radius 3 is 2.81 bits per heavy atom. The number of methoxy groups -OCH3 is 1. The molecule has 4 rings (SSSR count). The lowest BCUT2D eigenvalue weighted by molar-refractivity contribution is -0.163. The first-order valence-corrected chi connectivity index (χ1v) is 10.9. The van der Waals surface area contributed by atoms with Gasteiger partial charge in [-0.15, -0.1) is 0 Å². The number of ether oxygens (including phenoxy) is 4. The zero-order chi connectivity index (χ0) is 22.3. The minimum atomic E-state index is -0.456. The molecule has 0 saturated carbocycles. The molecule has 1 aliphatic rings. The number of aromatic nitrogens is 2. The minimum absolute atomic E-state index is 0.109. The Hall–Kier alpha value is -2.68. The van der Waals surface area contributed by atoms with Crippen molar-refractivity contribution in [1.82, 2.24) is 9.97 Å².